The summed E-state index contributed by atoms with van der Waals surface area (Å²) < 4.78 is 14.3. The zero-order valence-electron chi connectivity index (χ0n) is 17.9. The molecule has 7 heteroatoms. The Morgan fingerprint density at radius 1 is 0.909 bits per heavy atom. The highest BCUT2D eigenvalue weighted by atomic mass is 19.1. The van der Waals surface area contributed by atoms with Crippen molar-refractivity contribution >= 4 is 5.91 Å². The lowest BCUT2D eigenvalue weighted by Crippen LogP contribution is -2.39. The minimum absolute atomic E-state index is 0.0835. The lowest BCUT2D eigenvalue weighted by Gasteiger charge is -2.32. The summed E-state index contributed by atoms with van der Waals surface area (Å²) in [5.74, 6) is -0.318. The van der Waals surface area contributed by atoms with Crippen LogP contribution in [0, 0.1) is 5.82 Å². The number of aromatic nitrogens is 4. The van der Waals surface area contributed by atoms with Crippen LogP contribution in [0.4, 0.5) is 4.39 Å². The number of nitrogens with zero attached hydrogens (tertiary/aromatic N) is 5. The van der Waals surface area contributed by atoms with Crippen LogP contribution in [-0.2, 0) is 0 Å². The molecule has 0 unspecified atom stereocenters. The van der Waals surface area contributed by atoms with Gasteiger partial charge in [-0.05, 0) is 49.2 Å². The number of piperidine rings is 1. The normalized spacial score (nSPS) is 15.9. The Hall–Kier alpha value is -4.00. The number of carbonyl (C=O) groups excluding carboxylic acids is 1. The third kappa shape index (κ3) is 4.48. The van der Waals surface area contributed by atoms with Crippen LogP contribution in [0.25, 0.3) is 22.5 Å². The number of amides is 1. The van der Waals surface area contributed by atoms with E-state index in [0.717, 1.165) is 24.1 Å². The highest BCUT2D eigenvalue weighted by Gasteiger charge is 2.27. The quantitative estimate of drug-likeness (QED) is 0.459. The molecular formula is C26H22FN5O. The van der Waals surface area contributed by atoms with Crippen LogP contribution in [0.5, 0.6) is 0 Å². The number of likely N-dealkylation sites (tertiary alicyclic amines) is 1. The molecule has 33 heavy (non-hydrogen) atoms. The molecule has 0 radical (unpaired) electrons. The first kappa shape index (κ1) is 20.9. The van der Waals surface area contributed by atoms with Crippen LogP contribution in [0.2, 0.25) is 0 Å². The van der Waals surface area contributed by atoms with Crippen LogP contribution < -0.4 is 0 Å². The van der Waals surface area contributed by atoms with Crippen molar-refractivity contribution in [2.45, 2.75) is 18.8 Å². The molecule has 0 spiro atoms. The van der Waals surface area contributed by atoms with E-state index in [4.69, 9.17) is 4.98 Å². The van der Waals surface area contributed by atoms with E-state index in [-0.39, 0.29) is 17.6 Å². The van der Waals surface area contributed by atoms with E-state index in [0.29, 0.717) is 35.7 Å². The molecule has 1 atom stereocenters. The van der Waals surface area contributed by atoms with E-state index >= 15 is 0 Å². The third-order valence-corrected chi connectivity index (χ3v) is 5.87. The van der Waals surface area contributed by atoms with Gasteiger partial charge in [-0.15, -0.1) is 0 Å². The number of carbonyl (C=O) groups is 1. The van der Waals surface area contributed by atoms with Crippen molar-refractivity contribution in [3.05, 3.63) is 96.6 Å². The summed E-state index contributed by atoms with van der Waals surface area (Å²) in [5, 5.41) is 0. The summed E-state index contributed by atoms with van der Waals surface area (Å²) in [4.78, 5) is 32.4. The first-order valence-electron chi connectivity index (χ1n) is 10.9. The molecule has 3 aromatic heterocycles. The summed E-state index contributed by atoms with van der Waals surface area (Å²) in [6, 6.07) is 17.7. The molecule has 0 N–H and O–H groups in total. The van der Waals surface area contributed by atoms with Crippen molar-refractivity contribution in [3.63, 3.8) is 0 Å². The lowest BCUT2D eigenvalue weighted by molar-refractivity contribution is 0.0700. The molecule has 4 heterocycles. The SMILES string of the molecule is O=C(c1cccc(-c2cncnc2)n1)N1CCC[C@H](c2cccc(-c3ccccc3F)n2)C1. The molecule has 0 aliphatic carbocycles. The predicted octanol–water partition coefficient (Wildman–Crippen LogP) is 4.76. The van der Waals surface area contributed by atoms with E-state index in [1.54, 1.807) is 36.7 Å². The maximum atomic E-state index is 14.3. The van der Waals surface area contributed by atoms with Crippen LogP contribution >= 0.6 is 0 Å². The molecule has 4 aromatic rings. The van der Waals surface area contributed by atoms with Crippen molar-refractivity contribution in [2.24, 2.45) is 0 Å². The third-order valence-electron chi connectivity index (χ3n) is 5.87. The number of hydrogen-bond donors (Lipinski definition) is 0. The summed E-state index contributed by atoms with van der Waals surface area (Å²) in [6.45, 7) is 1.22. The summed E-state index contributed by atoms with van der Waals surface area (Å²) in [6.07, 6.45) is 6.60. The van der Waals surface area contributed by atoms with Gasteiger partial charge < -0.3 is 4.90 Å². The molecule has 1 aliphatic rings. The molecule has 1 amide bonds. The van der Waals surface area contributed by atoms with Crippen molar-refractivity contribution in [1.29, 1.82) is 0 Å². The minimum atomic E-state index is -0.294. The first-order valence-corrected chi connectivity index (χ1v) is 10.9. The fourth-order valence-electron chi connectivity index (χ4n) is 4.21. The molecule has 1 aliphatic heterocycles. The van der Waals surface area contributed by atoms with Gasteiger partial charge in [-0.1, -0.05) is 24.3 Å². The fraction of sp³-hybridized carbons (Fsp3) is 0.192. The van der Waals surface area contributed by atoms with Crippen molar-refractivity contribution in [3.8, 4) is 22.5 Å². The number of rotatable bonds is 4. The fourth-order valence-corrected chi connectivity index (χ4v) is 4.21. The minimum Gasteiger partial charge on any atom is -0.337 e. The number of pyridine rings is 2. The molecule has 1 aromatic carbocycles. The van der Waals surface area contributed by atoms with Crippen molar-refractivity contribution in [1.82, 2.24) is 24.8 Å². The van der Waals surface area contributed by atoms with Gasteiger partial charge in [-0.25, -0.2) is 19.3 Å². The van der Waals surface area contributed by atoms with Crippen LogP contribution in [-0.4, -0.2) is 43.8 Å². The second-order valence-corrected chi connectivity index (χ2v) is 8.05. The van der Waals surface area contributed by atoms with Gasteiger partial charge >= 0.3 is 0 Å². The lowest BCUT2D eigenvalue weighted by atomic mass is 9.93. The summed E-state index contributed by atoms with van der Waals surface area (Å²) in [5.41, 5.74) is 3.77. The molecular weight excluding hydrogens is 417 g/mol. The molecule has 1 saturated heterocycles. The highest BCUT2D eigenvalue weighted by molar-refractivity contribution is 5.93. The molecule has 164 valence electrons. The van der Waals surface area contributed by atoms with E-state index in [1.165, 1.54) is 12.4 Å². The highest BCUT2D eigenvalue weighted by Crippen LogP contribution is 2.29. The van der Waals surface area contributed by atoms with Crippen LogP contribution in [0.1, 0.15) is 34.9 Å². The van der Waals surface area contributed by atoms with E-state index in [2.05, 4.69) is 15.0 Å². The molecule has 0 bridgehead atoms. The Morgan fingerprint density at radius 3 is 2.55 bits per heavy atom. The van der Waals surface area contributed by atoms with Gasteiger partial charge in [0.1, 0.15) is 17.8 Å². The van der Waals surface area contributed by atoms with E-state index in [9.17, 15) is 9.18 Å². The topological polar surface area (TPSA) is 71.9 Å². The van der Waals surface area contributed by atoms with Gasteiger partial charge in [0, 0.05) is 48.2 Å². The zero-order chi connectivity index (χ0) is 22.6. The Balaban J connectivity index is 1.36. The smallest absolute Gasteiger partial charge is 0.272 e. The second kappa shape index (κ2) is 9.24. The monoisotopic (exact) mass is 439 g/mol. The van der Waals surface area contributed by atoms with Gasteiger partial charge in [0.15, 0.2) is 0 Å². The van der Waals surface area contributed by atoms with Gasteiger partial charge in [0.25, 0.3) is 5.91 Å². The number of halogens is 1. The maximum Gasteiger partial charge on any atom is 0.272 e. The van der Waals surface area contributed by atoms with Gasteiger partial charge in [0.2, 0.25) is 0 Å². The standard InChI is InChI=1S/C26H22FN5O/c27-21-8-2-1-7-20(21)24-11-3-9-22(30-24)18-6-5-13-32(16-18)26(33)25-12-4-10-23(31-25)19-14-28-17-29-15-19/h1-4,7-12,14-15,17-18H,5-6,13,16H2/t18-/m0/s1. The van der Waals surface area contributed by atoms with Gasteiger partial charge in [-0.3, -0.25) is 9.78 Å². The molecule has 0 saturated carbocycles. The van der Waals surface area contributed by atoms with Crippen molar-refractivity contribution in [2.75, 3.05) is 13.1 Å². The number of benzene rings is 1. The second-order valence-electron chi connectivity index (χ2n) is 8.05. The molecule has 5 rings (SSSR count). The van der Waals surface area contributed by atoms with Crippen LogP contribution in [0.3, 0.4) is 0 Å². The molecule has 6 nitrogen and oxygen atoms in total. The zero-order valence-corrected chi connectivity index (χ0v) is 17.9. The average molecular weight is 439 g/mol. The van der Waals surface area contributed by atoms with E-state index in [1.807, 2.05) is 35.2 Å². The Kier molecular flexibility index (Phi) is 5.85. The molecule has 1 fully saturated rings. The van der Waals surface area contributed by atoms with E-state index < -0.39 is 0 Å². The Labute approximate surface area is 191 Å². The van der Waals surface area contributed by atoms with Crippen molar-refractivity contribution < 1.29 is 9.18 Å². The summed E-state index contributed by atoms with van der Waals surface area (Å²) in [7, 11) is 0. The summed E-state index contributed by atoms with van der Waals surface area (Å²) >= 11 is 0. The Morgan fingerprint density at radius 2 is 1.70 bits per heavy atom. The Bertz CT molecular complexity index is 1280. The predicted molar refractivity (Wildman–Crippen MR) is 123 cm³/mol. The largest absolute Gasteiger partial charge is 0.337 e. The van der Waals surface area contributed by atoms with Gasteiger partial charge in [0.05, 0.1) is 11.4 Å². The first-order chi connectivity index (χ1) is 16.2. The average Bonchev–Trinajstić information content (AvgIpc) is 2.89. The van der Waals surface area contributed by atoms with Gasteiger partial charge in [-0.2, -0.15) is 0 Å². The number of hydrogen-bond acceptors (Lipinski definition) is 5. The maximum absolute atomic E-state index is 14.3. The van der Waals surface area contributed by atoms with Crippen LogP contribution in [0.15, 0.2) is 79.4 Å².